The molecule has 0 N–H and O–H groups in total. The summed E-state index contributed by atoms with van der Waals surface area (Å²) in [5, 5.41) is 0. The molecule has 0 aliphatic carbocycles. The van der Waals surface area contributed by atoms with Crippen molar-refractivity contribution in [1.29, 1.82) is 0 Å². The molecule has 1 aliphatic rings. The third kappa shape index (κ3) is 18.5. The zero-order valence-corrected chi connectivity index (χ0v) is 21.5. The number of ether oxygens (including phenoxy) is 1. The van der Waals surface area contributed by atoms with E-state index in [-0.39, 0.29) is 42.8 Å². The van der Waals surface area contributed by atoms with Crippen molar-refractivity contribution in [2.24, 2.45) is 0 Å². The maximum atomic E-state index is 11.0. The molecule has 164 valence electrons. The normalized spacial score (nSPS) is 22.4. The third-order valence-electron chi connectivity index (χ3n) is 4.07. The summed E-state index contributed by atoms with van der Waals surface area (Å²) in [5.74, 6) is 0. The number of phosphoric acid groups is 1. The molecule has 1 fully saturated rings. The molecule has 1 aliphatic heterocycles. The van der Waals surface area contributed by atoms with Gasteiger partial charge in [-0.2, -0.15) is 0 Å². The quantitative estimate of drug-likeness (QED) is 0.158. The van der Waals surface area contributed by atoms with Crippen molar-refractivity contribution < 1.29 is 52.8 Å². The number of allylic oxidation sites excluding steroid dienone is 10. The van der Waals surface area contributed by atoms with Crippen LogP contribution in [0.1, 0.15) is 58.3 Å². The van der Waals surface area contributed by atoms with Gasteiger partial charge >= 0.3 is 29.6 Å². The Balaban J connectivity index is 0.00000841. The average Bonchev–Trinajstić information content (AvgIpc) is 3.05. The van der Waals surface area contributed by atoms with Gasteiger partial charge in [0.05, 0.1) is 13.2 Å². The SMILES string of the molecule is CC/C=C/C/C=C/C/C=C/C/C=C/C/C=C/CCCCOCC1COP(=O)([O-])O1.[Na+]. The fourth-order valence-corrected chi connectivity index (χ4v) is 3.44. The first kappa shape index (κ1) is 29.8. The summed E-state index contributed by atoms with van der Waals surface area (Å²) >= 11 is 0. The second-order valence-corrected chi connectivity index (χ2v) is 8.11. The van der Waals surface area contributed by atoms with E-state index in [0.717, 1.165) is 51.4 Å². The Kier molecular flexibility index (Phi) is 20.5. The predicted octanol–water partition coefficient (Wildman–Crippen LogP) is 2.81. The van der Waals surface area contributed by atoms with Crippen LogP contribution in [-0.4, -0.2) is 25.9 Å². The van der Waals surface area contributed by atoms with Gasteiger partial charge in [-0.15, -0.1) is 0 Å². The van der Waals surface area contributed by atoms with Crippen molar-refractivity contribution in [3.8, 4) is 0 Å². The summed E-state index contributed by atoms with van der Waals surface area (Å²) in [5.41, 5.74) is 0. The Morgan fingerprint density at radius 3 is 1.93 bits per heavy atom. The van der Waals surface area contributed by atoms with E-state index in [0.29, 0.717) is 6.61 Å². The van der Waals surface area contributed by atoms with Gasteiger partial charge in [0.2, 0.25) is 0 Å². The summed E-state index contributed by atoms with van der Waals surface area (Å²) in [6.45, 7) is 3.07. The topological polar surface area (TPSA) is 67.8 Å². The van der Waals surface area contributed by atoms with Gasteiger partial charge in [-0.05, 0) is 51.4 Å². The van der Waals surface area contributed by atoms with Crippen molar-refractivity contribution in [2.75, 3.05) is 19.8 Å². The van der Waals surface area contributed by atoms with E-state index in [2.05, 4.69) is 72.2 Å². The summed E-state index contributed by atoms with van der Waals surface area (Å²) < 4.78 is 25.6. The number of hydrogen-bond acceptors (Lipinski definition) is 5. The molecular weight excluding hydrogens is 410 g/mol. The minimum absolute atomic E-state index is 0. The molecule has 0 aromatic heterocycles. The molecular formula is C23H36NaO5P. The van der Waals surface area contributed by atoms with Crippen LogP contribution in [0, 0.1) is 0 Å². The standard InChI is InChI=1S/C23H37O5P.Na/c1-2-3-4-5-6-7-8-9-10-11-12-13-14-15-16-17-18-19-20-26-21-23-22-27-29(24,25)28-23;/h3-4,6-7,9-10,12-13,15-16,23H,2,5,8,11,14,17-22H2,1H3,(H,24,25);/q;+1/p-1/b4-3+,7-6+,10-9+,13-12+,16-15+;. The van der Waals surface area contributed by atoms with E-state index in [9.17, 15) is 9.46 Å². The monoisotopic (exact) mass is 446 g/mol. The van der Waals surface area contributed by atoms with E-state index < -0.39 is 13.9 Å². The summed E-state index contributed by atoms with van der Waals surface area (Å²) in [7, 11) is -4.05. The first-order valence-corrected chi connectivity index (χ1v) is 12.1. The molecule has 0 bridgehead atoms. The maximum Gasteiger partial charge on any atom is 1.00 e. The molecule has 0 aromatic rings. The fourth-order valence-electron chi connectivity index (χ4n) is 2.55. The molecule has 2 atom stereocenters. The molecule has 7 heteroatoms. The molecule has 1 heterocycles. The summed E-state index contributed by atoms with van der Waals surface area (Å²) in [6, 6.07) is 0. The number of rotatable bonds is 16. The van der Waals surface area contributed by atoms with E-state index in [1.54, 1.807) is 0 Å². The largest absolute Gasteiger partial charge is 1.00 e. The van der Waals surface area contributed by atoms with Crippen LogP contribution in [0.3, 0.4) is 0 Å². The van der Waals surface area contributed by atoms with Crippen LogP contribution >= 0.6 is 7.82 Å². The minimum atomic E-state index is -4.05. The van der Waals surface area contributed by atoms with E-state index in [4.69, 9.17) is 9.26 Å². The molecule has 1 rings (SSSR count). The van der Waals surface area contributed by atoms with Crippen LogP contribution in [0.25, 0.3) is 0 Å². The number of phosphoric ester groups is 1. The average molecular weight is 447 g/mol. The molecule has 0 amide bonds. The van der Waals surface area contributed by atoms with Gasteiger partial charge in [-0.3, -0.25) is 4.57 Å². The van der Waals surface area contributed by atoms with Crippen LogP contribution in [0.5, 0.6) is 0 Å². The van der Waals surface area contributed by atoms with Crippen LogP contribution in [0.2, 0.25) is 0 Å². The van der Waals surface area contributed by atoms with Crippen LogP contribution in [-0.2, 0) is 18.3 Å². The second kappa shape index (κ2) is 20.7. The maximum absolute atomic E-state index is 11.0. The zero-order valence-electron chi connectivity index (χ0n) is 18.6. The molecule has 5 nitrogen and oxygen atoms in total. The molecule has 0 saturated carbocycles. The van der Waals surface area contributed by atoms with Crippen LogP contribution in [0.15, 0.2) is 60.8 Å². The van der Waals surface area contributed by atoms with Crippen molar-refractivity contribution in [3.05, 3.63) is 60.8 Å². The number of unbranched alkanes of at least 4 members (excludes halogenated alkanes) is 2. The van der Waals surface area contributed by atoms with Gasteiger partial charge < -0.3 is 18.7 Å². The Morgan fingerprint density at radius 2 is 1.43 bits per heavy atom. The van der Waals surface area contributed by atoms with E-state index in [1.807, 2.05) is 0 Å². The Labute approximate surface area is 204 Å². The third-order valence-corrected chi connectivity index (χ3v) is 5.09. The van der Waals surface area contributed by atoms with Gasteiger partial charge in [0.25, 0.3) is 7.82 Å². The predicted molar refractivity (Wildman–Crippen MR) is 118 cm³/mol. The molecule has 0 spiro atoms. The van der Waals surface area contributed by atoms with Gasteiger partial charge in [0.1, 0.15) is 6.10 Å². The Bertz CT molecular complexity index is 598. The first-order valence-electron chi connectivity index (χ1n) is 10.6. The molecule has 30 heavy (non-hydrogen) atoms. The molecule has 0 aromatic carbocycles. The molecule has 0 radical (unpaired) electrons. The van der Waals surface area contributed by atoms with Crippen LogP contribution < -0.4 is 34.5 Å². The smallest absolute Gasteiger partial charge is 0.756 e. The van der Waals surface area contributed by atoms with Crippen molar-refractivity contribution in [1.82, 2.24) is 0 Å². The van der Waals surface area contributed by atoms with E-state index in [1.165, 1.54) is 0 Å². The van der Waals surface area contributed by atoms with Gasteiger partial charge in [0.15, 0.2) is 0 Å². The van der Waals surface area contributed by atoms with E-state index >= 15 is 0 Å². The molecule has 1 saturated heterocycles. The molecule has 2 unspecified atom stereocenters. The van der Waals surface area contributed by atoms with Gasteiger partial charge in [-0.1, -0.05) is 67.7 Å². The second-order valence-electron chi connectivity index (χ2n) is 6.75. The van der Waals surface area contributed by atoms with Crippen molar-refractivity contribution >= 4 is 7.82 Å². The summed E-state index contributed by atoms with van der Waals surface area (Å²) in [4.78, 5) is 11.0. The fraction of sp³-hybridized carbons (Fsp3) is 0.565. The zero-order chi connectivity index (χ0) is 21.0. The van der Waals surface area contributed by atoms with Crippen molar-refractivity contribution in [2.45, 2.75) is 64.4 Å². The van der Waals surface area contributed by atoms with Gasteiger partial charge in [0, 0.05) is 6.61 Å². The first-order chi connectivity index (χ1) is 14.1. The Morgan fingerprint density at radius 1 is 0.900 bits per heavy atom. The minimum Gasteiger partial charge on any atom is -0.756 e. The Hall–Kier alpha value is -0.230. The van der Waals surface area contributed by atoms with Crippen LogP contribution in [0.4, 0.5) is 0 Å². The van der Waals surface area contributed by atoms with Gasteiger partial charge in [-0.25, -0.2) is 0 Å². The summed E-state index contributed by atoms with van der Waals surface area (Å²) in [6.07, 6.45) is 29.5. The van der Waals surface area contributed by atoms with Crippen molar-refractivity contribution in [3.63, 3.8) is 0 Å². The number of hydrogen-bond donors (Lipinski definition) is 0.